The van der Waals surface area contributed by atoms with E-state index in [2.05, 4.69) is 10.6 Å². The van der Waals surface area contributed by atoms with Crippen LogP contribution in [-0.2, 0) is 25.6 Å². The Morgan fingerprint density at radius 2 is 1.81 bits per heavy atom. The van der Waals surface area contributed by atoms with E-state index >= 15 is 0 Å². The first-order valence-electron chi connectivity index (χ1n) is 12.1. The Kier molecular flexibility index (Phi) is 6.92. The number of aliphatic hydroxyl groups excluding tert-OH is 1. The number of benzene rings is 1. The molecule has 3 aliphatic heterocycles. The van der Waals surface area contributed by atoms with Crippen LogP contribution in [0.3, 0.4) is 0 Å². The van der Waals surface area contributed by atoms with Gasteiger partial charge in [0.05, 0.1) is 5.54 Å². The standard InChI is InChI=1S/C25H32FN5O5/c1-29(2)23(36)21(34)28-25-11-8-16(9-12-25)14-31-22(35)19(32)18(30(3)24(25)31)20(33)27-13-10-15-4-6-17(26)7-5-15/h4-7,16,24,32H,8-14H2,1-3H3,(H,27,33)(H,28,34). The summed E-state index contributed by atoms with van der Waals surface area (Å²) in [4.78, 5) is 55.8. The number of carbonyl (C=O) groups is 4. The van der Waals surface area contributed by atoms with Crippen molar-refractivity contribution in [1.29, 1.82) is 0 Å². The maximum atomic E-state index is 13.3. The van der Waals surface area contributed by atoms with Crippen molar-refractivity contribution in [2.75, 3.05) is 34.2 Å². The molecule has 3 heterocycles. The van der Waals surface area contributed by atoms with Crippen LogP contribution in [-0.4, -0.2) is 89.4 Å². The van der Waals surface area contributed by atoms with E-state index in [0.29, 0.717) is 25.8 Å². The number of carbonyl (C=O) groups excluding carboxylic acids is 4. The maximum Gasteiger partial charge on any atom is 0.311 e. The molecule has 2 saturated heterocycles. The predicted octanol–water partition coefficient (Wildman–Crippen LogP) is 0.501. The van der Waals surface area contributed by atoms with Gasteiger partial charge in [-0.25, -0.2) is 4.39 Å². The summed E-state index contributed by atoms with van der Waals surface area (Å²) < 4.78 is 13.1. The van der Waals surface area contributed by atoms with Gasteiger partial charge < -0.3 is 30.4 Å². The first-order valence-corrected chi connectivity index (χ1v) is 12.1. The van der Waals surface area contributed by atoms with Crippen molar-refractivity contribution in [2.24, 2.45) is 5.92 Å². The molecular formula is C25H32FN5O5. The summed E-state index contributed by atoms with van der Waals surface area (Å²) >= 11 is 0. The number of likely N-dealkylation sites (N-methyl/N-ethyl adjacent to an activating group) is 2. The van der Waals surface area contributed by atoms with Crippen LogP contribution < -0.4 is 10.6 Å². The van der Waals surface area contributed by atoms with Gasteiger partial charge in [0.1, 0.15) is 12.0 Å². The third kappa shape index (κ3) is 4.61. The molecule has 36 heavy (non-hydrogen) atoms. The van der Waals surface area contributed by atoms with E-state index in [9.17, 15) is 28.7 Å². The van der Waals surface area contributed by atoms with E-state index in [-0.39, 0.29) is 24.0 Å². The molecule has 1 saturated carbocycles. The lowest BCUT2D eigenvalue weighted by atomic mass is 9.76. The van der Waals surface area contributed by atoms with Crippen LogP contribution in [0.4, 0.5) is 4.39 Å². The minimum absolute atomic E-state index is 0.182. The van der Waals surface area contributed by atoms with Crippen LogP contribution in [0, 0.1) is 11.7 Å². The van der Waals surface area contributed by atoms with Crippen molar-refractivity contribution < 1.29 is 28.7 Å². The Morgan fingerprint density at radius 1 is 1.17 bits per heavy atom. The number of rotatable bonds is 5. The largest absolute Gasteiger partial charge is 0.501 e. The summed E-state index contributed by atoms with van der Waals surface area (Å²) in [7, 11) is 4.58. The molecule has 0 spiro atoms. The van der Waals surface area contributed by atoms with Crippen molar-refractivity contribution in [3.05, 3.63) is 47.1 Å². The second-order valence-corrected chi connectivity index (χ2v) is 10.0. The fourth-order valence-corrected chi connectivity index (χ4v) is 5.61. The lowest BCUT2D eigenvalue weighted by Gasteiger charge is -2.51. The van der Waals surface area contributed by atoms with E-state index < -0.39 is 41.1 Å². The summed E-state index contributed by atoms with van der Waals surface area (Å²) in [5.41, 5.74) is -0.319. The number of halogens is 1. The SMILES string of the molecule is CN(C)C(=O)C(=O)NC12CCC(CC1)CN1C(=O)C(O)=C(C(=O)NCCc3ccc(F)cc3)N(C)C12. The summed E-state index contributed by atoms with van der Waals surface area (Å²) in [5, 5.41) is 16.4. The van der Waals surface area contributed by atoms with E-state index in [1.54, 1.807) is 19.2 Å². The molecule has 0 radical (unpaired) electrons. The average molecular weight is 502 g/mol. The smallest absolute Gasteiger partial charge is 0.311 e. The number of aliphatic hydroxyl groups is 1. The van der Waals surface area contributed by atoms with E-state index in [4.69, 9.17) is 0 Å². The van der Waals surface area contributed by atoms with Crippen LogP contribution in [0.5, 0.6) is 0 Å². The molecule has 11 heteroatoms. The highest BCUT2D eigenvalue weighted by atomic mass is 19.1. The van der Waals surface area contributed by atoms with Gasteiger partial charge in [-0.15, -0.1) is 0 Å². The second kappa shape index (κ2) is 9.79. The fourth-order valence-electron chi connectivity index (χ4n) is 5.61. The van der Waals surface area contributed by atoms with Crippen molar-refractivity contribution in [1.82, 2.24) is 25.3 Å². The summed E-state index contributed by atoms with van der Waals surface area (Å²) in [6.07, 6.45) is 2.23. The molecule has 194 valence electrons. The third-order valence-electron chi connectivity index (χ3n) is 7.44. The highest BCUT2D eigenvalue weighted by Crippen LogP contribution is 2.44. The minimum Gasteiger partial charge on any atom is -0.501 e. The Morgan fingerprint density at radius 3 is 2.42 bits per heavy atom. The lowest BCUT2D eigenvalue weighted by molar-refractivity contribution is -0.150. The van der Waals surface area contributed by atoms with Gasteiger partial charge in [0.15, 0.2) is 5.70 Å². The molecule has 1 aromatic rings. The Hall–Kier alpha value is -3.63. The topological polar surface area (TPSA) is 122 Å². The number of hydrogen-bond donors (Lipinski definition) is 3. The van der Waals surface area contributed by atoms with Crippen LogP contribution in [0.2, 0.25) is 0 Å². The molecule has 3 N–H and O–H groups in total. The van der Waals surface area contributed by atoms with Crippen molar-refractivity contribution in [2.45, 2.75) is 43.8 Å². The zero-order valence-corrected chi connectivity index (χ0v) is 20.7. The van der Waals surface area contributed by atoms with Crippen LogP contribution >= 0.6 is 0 Å². The summed E-state index contributed by atoms with van der Waals surface area (Å²) in [5.74, 6) is -3.59. The number of fused-ring (bicyclic) bond motifs is 2. The Labute approximate surface area is 209 Å². The molecule has 1 aliphatic carbocycles. The maximum absolute atomic E-state index is 13.3. The number of nitrogens with zero attached hydrogens (tertiary/aromatic N) is 3. The van der Waals surface area contributed by atoms with Gasteiger partial charge in [-0.1, -0.05) is 12.1 Å². The predicted molar refractivity (Wildman–Crippen MR) is 128 cm³/mol. The molecule has 0 aromatic heterocycles. The van der Waals surface area contributed by atoms with Gasteiger partial charge in [0.25, 0.3) is 11.8 Å². The second-order valence-electron chi connectivity index (χ2n) is 10.0. The number of nitrogens with one attached hydrogen (secondary N) is 2. The van der Waals surface area contributed by atoms with Gasteiger partial charge in [0, 0.05) is 34.2 Å². The number of amides is 4. The van der Waals surface area contributed by atoms with Gasteiger partial charge >= 0.3 is 11.8 Å². The highest BCUT2D eigenvalue weighted by Gasteiger charge is 2.56. The van der Waals surface area contributed by atoms with E-state index in [1.807, 2.05) is 0 Å². The quantitative estimate of drug-likeness (QED) is 0.505. The molecule has 1 unspecified atom stereocenters. The first-order chi connectivity index (χ1) is 17.0. The molecule has 10 nitrogen and oxygen atoms in total. The third-order valence-corrected chi connectivity index (χ3v) is 7.44. The zero-order valence-electron chi connectivity index (χ0n) is 20.7. The van der Waals surface area contributed by atoms with Gasteiger partial charge in [0.2, 0.25) is 5.76 Å². The normalized spacial score (nSPS) is 25.3. The van der Waals surface area contributed by atoms with Gasteiger partial charge in [-0.05, 0) is 55.7 Å². The molecule has 2 bridgehead atoms. The molecule has 5 rings (SSSR count). The molecule has 1 aromatic carbocycles. The molecule has 1 atom stereocenters. The van der Waals surface area contributed by atoms with Crippen molar-refractivity contribution >= 4 is 23.6 Å². The van der Waals surface area contributed by atoms with E-state index in [0.717, 1.165) is 18.4 Å². The summed E-state index contributed by atoms with van der Waals surface area (Å²) in [6.45, 7) is 0.593. The van der Waals surface area contributed by atoms with Crippen LogP contribution in [0.25, 0.3) is 0 Å². The number of hydrogen-bond acceptors (Lipinski definition) is 6. The Bertz CT molecular complexity index is 1090. The molecule has 4 aliphatic rings. The van der Waals surface area contributed by atoms with E-state index in [1.165, 1.54) is 40.9 Å². The van der Waals surface area contributed by atoms with Crippen molar-refractivity contribution in [3.8, 4) is 0 Å². The van der Waals surface area contributed by atoms with Crippen molar-refractivity contribution in [3.63, 3.8) is 0 Å². The average Bonchev–Trinajstić information content (AvgIpc) is 3.10. The molecule has 3 fully saturated rings. The minimum atomic E-state index is -0.958. The highest BCUT2D eigenvalue weighted by molar-refractivity contribution is 6.35. The van der Waals surface area contributed by atoms with Gasteiger partial charge in [-0.2, -0.15) is 0 Å². The lowest BCUT2D eigenvalue weighted by Crippen LogP contribution is -2.70. The van der Waals surface area contributed by atoms with Crippen LogP contribution in [0.1, 0.15) is 31.2 Å². The first kappa shape index (κ1) is 25.5. The van der Waals surface area contributed by atoms with Gasteiger partial charge in [-0.3, -0.25) is 19.2 Å². The Balaban J connectivity index is 1.58. The molecule has 4 amide bonds. The monoisotopic (exact) mass is 501 g/mol. The summed E-state index contributed by atoms with van der Waals surface area (Å²) in [6, 6.07) is 5.92. The zero-order chi connectivity index (χ0) is 26.2. The fraction of sp³-hybridized carbons (Fsp3) is 0.520. The molecular weight excluding hydrogens is 469 g/mol. The van der Waals surface area contributed by atoms with Crippen LogP contribution in [0.15, 0.2) is 35.7 Å².